The molecule has 3 nitrogen and oxygen atoms in total. The normalized spacial score (nSPS) is 29.3. The van der Waals surface area contributed by atoms with E-state index in [1.165, 1.54) is 0 Å². The maximum Gasteiger partial charge on any atom is 0.125 e. The van der Waals surface area contributed by atoms with Gasteiger partial charge >= 0.3 is 0 Å². The highest BCUT2D eigenvalue weighted by Gasteiger charge is 2.63. The molecule has 1 saturated carbocycles. The van der Waals surface area contributed by atoms with Gasteiger partial charge in [0.25, 0.3) is 0 Å². The molecule has 0 unspecified atom stereocenters. The van der Waals surface area contributed by atoms with E-state index in [1.807, 2.05) is 103 Å². The second kappa shape index (κ2) is 7.60. The van der Waals surface area contributed by atoms with Gasteiger partial charge in [-0.05, 0) is 22.8 Å². The van der Waals surface area contributed by atoms with Crippen LogP contribution in [0, 0.1) is 0 Å². The van der Waals surface area contributed by atoms with Crippen molar-refractivity contribution in [3.05, 3.63) is 114 Å². The number of hydrogen-bond donors (Lipinski definition) is 2. The molecule has 3 aromatic rings. The van der Waals surface area contributed by atoms with Crippen molar-refractivity contribution in [3.63, 3.8) is 0 Å². The summed E-state index contributed by atoms with van der Waals surface area (Å²) in [5.41, 5.74) is -1.18. The zero-order chi connectivity index (χ0) is 20.4. The van der Waals surface area contributed by atoms with Crippen LogP contribution in [0.4, 0.5) is 0 Å². The van der Waals surface area contributed by atoms with Gasteiger partial charge in [0.15, 0.2) is 0 Å². The molecule has 148 valence electrons. The van der Waals surface area contributed by atoms with Crippen molar-refractivity contribution in [3.8, 4) is 0 Å². The van der Waals surface area contributed by atoms with Crippen LogP contribution in [0.25, 0.3) is 6.08 Å². The standard InChI is InChI=1S/C26H26O3/c1-29-25(18-17-21-11-5-2-6-12-21)19-24(27,22-13-7-3-8-14-22)20-26(25,28)23-15-9-4-10-16-23/h2-18,27-28H,19-20H2,1H3/b18-17+/t24-,25+,26+/m0/s1. The Kier molecular flexibility index (Phi) is 5.13. The van der Waals surface area contributed by atoms with Crippen LogP contribution in [0.15, 0.2) is 97.1 Å². The van der Waals surface area contributed by atoms with E-state index < -0.39 is 16.8 Å². The number of aliphatic hydroxyl groups is 2. The quantitative estimate of drug-likeness (QED) is 0.671. The van der Waals surface area contributed by atoms with Crippen molar-refractivity contribution in [2.24, 2.45) is 0 Å². The fraction of sp³-hybridized carbons (Fsp3) is 0.231. The van der Waals surface area contributed by atoms with Crippen molar-refractivity contribution in [1.29, 1.82) is 0 Å². The third-order valence-corrected chi connectivity index (χ3v) is 6.07. The van der Waals surface area contributed by atoms with Crippen molar-refractivity contribution in [1.82, 2.24) is 0 Å². The number of rotatable bonds is 5. The Morgan fingerprint density at radius 2 is 1.24 bits per heavy atom. The highest BCUT2D eigenvalue weighted by molar-refractivity contribution is 5.53. The van der Waals surface area contributed by atoms with Gasteiger partial charge in [0.05, 0.1) is 5.60 Å². The summed E-state index contributed by atoms with van der Waals surface area (Å²) in [6.07, 6.45) is 4.24. The Hall–Kier alpha value is -2.72. The van der Waals surface area contributed by atoms with Crippen LogP contribution >= 0.6 is 0 Å². The molecule has 3 aromatic carbocycles. The van der Waals surface area contributed by atoms with E-state index in [1.54, 1.807) is 7.11 Å². The number of hydrogen-bond acceptors (Lipinski definition) is 3. The van der Waals surface area contributed by atoms with E-state index in [-0.39, 0.29) is 12.8 Å². The number of ether oxygens (including phenoxy) is 1. The predicted octanol–water partition coefficient (Wildman–Crippen LogP) is 4.65. The Balaban J connectivity index is 1.84. The molecule has 3 atom stereocenters. The van der Waals surface area contributed by atoms with Crippen molar-refractivity contribution in [2.45, 2.75) is 29.6 Å². The summed E-state index contributed by atoms with van der Waals surface area (Å²) >= 11 is 0. The van der Waals surface area contributed by atoms with Crippen LogP contribution < -0.4 is 0 Å². The molecule has 0 heterocycles. The van der Waals surface area contributed by atoms with Crippen molar-refractivity contribution < 1.29 is 14.9 Å². The molecule has 3 heteroatoms. The first kappa shape index (κ1) is 19.6. The van der Waals surface area contributed by atoms with Gasteiger partial charge in [0, 0.05) is 20.0 Å². The van der Waals surface area contributed by atoms with Crippen LogP contribution in [-0.2, 0) is 15.9 Å². The highest BCUT2D eigenvalue weighted by atomic mass is 16.5. The molecule has 1 aliphatic rings. The molecular weight excluding hydrogens is 360 g/mol. The summed E-state index contributed by atoms with van der Waals surface area (Å²) in [5.74, 6) is 0. The molecular formula is C26H26O3. The third kappa shape index (κ3) is 3.42. The minimum absolute atomic E-state index is 0.140. The van der Waals surface area contributed by atoms with Crippen molar-refractivity contribution in [2.75, 3.05) is 7.11 Å². The van der Waals surface area contributed by atoms with E-state index in [0.717, 1.165) is 16.7 Å². The SMILES string of the molecule is CO[C@]1(/C=C/c2ccccc2)C[C@@](O)(c2ccccc2)C[C@@]1(O)c1ccccc1. The zero-order valence-electron chi connectivity index (χ0n) is 16.5. The van der Waals surface area contributed by atoms with E-state index in [2.05, 4.69) is 0 Å². The third-order valence-electron chi connectivity index (χ3n) is 6.07. The molecule has 0 aromatic heterocycles. The summed E-state index contributed by atoms with van der Waals surface area (Å²) in [6.45, 7) is 0. The Labute approximate surface area is 171 Å². The van der Waals surface area contributed by atoms with E-state index >= 15 is 0 Å². The first-order valence-corrected chi connectivity index (χ1v) is 9.87. The van der Waals surface area contributed by atoms with Gasteiger partial charge in [0.2, 0.25) is 0 Å². The van der Waals surface area contributed by atoms with Gasteiger partial charge in [-0.1, -0.05) is 97.1 Å². The van der Waals surface area contributed by atoms with E-state index in [4.69, 9.17) is 4.74 Å². The van der Waals surface area contributed by atoms with Crippen LogP contribution in [0.5, 0.6) is 0 Å². The lowest BCUT2D eigenvalue weighted by atomic mass is 9.79. The van der Waals surface area contributed by atoms with Gasteiger partial charge in [-0.3, -0.25) is 0 Å². The average Bonchev–Trinajstić information content (AvgIpc) is 3.03. The summed E-state index contributed by atoms with van der Waals surface area (Å²) in [6, 6.07) is 28.9. The molecule has 1 fully saturated rings. The second-order valence-electron chi connectivity index (χ2n) is 7.82. The largest absolute Gasteiger partial charge is 0.385 e. The Bertz CT molecular complexity index is 971. The summed E-state index contributed by atoms with van der Waals surface area (Å²) < 4.78 is 6.01. The summed E-state index contributed by atoms with van der Waals surface area (Å²) in [4.78, 5) is 0. The molecule has 0 radical (unpaired) electrons. The molecule has 4 rings (SSSR count). The molecule has 29 heavy (non-hydrogen) atoms. The lowest BCUT2D eigenvalue weighted by Crippen LogP contribution is -2.47. The van der Waals surface area contributed by atoms with Crippen LogP contribution in [0.3, 0.4) is 0 Å². The van der Waals surface area contributed by atoms with Gasteiger partial charge < -0.3 is 14.9 Å². The Morgan fingerprint density at radius 1 is 0.724 bits per heavy atom. The molecule has 0 aliphatic heterocycles. The summed E-state index contributed by atoms with van der Waals surface area (Å²) in [7, 11) is 1.60. The van der Waals surface area contributed by atoms with Crippen LogP contribution in [-0.4, -0.2) is 22.9 Å². The molecule has 0 saturated heterocycles. The fourth-order valence-electron chi connectivity index (χ4n) is 4.53. The molecule has 0 amide bonds. The maximum absolute atomic E-state index is 12.0. The molecule has 2 N–H and O–H groups in total. The van der Waals surface area contributed by atoms with Crippen LogP contribution in [0.1, 0.15) is 29.5 Å². The highest BCUT2D eigenvalue weighted by Crippen LogP contribution is 2.57. The minimum Gasteiger partial charge on any atom is -0.385 e. The van der Waals surface area contributed by atoms with Gasteiger partial charge in [-0.15, -0.1) is 0 Å². The van der Waals surface area contributed by atoms with Crippen molar-refractivity contribution >= 4 is 6.08 Å². The fourth-order valence-corrected chi connectivity index (χ4v) is 4.53. The molecule has 0 spiro atoms. The number of benzene rings is 3. The first-order valence-electron chi connectivity index (χ1n) is 9.87. The number of methoxy groups -OCH3 is 1. The first-order chi connectivity index (χ1) is 14.0. The monoisotopic (exact) mass is 386 g/mol. The average molecular weight is 386 g/mol. The Morgan fingerprint density at radius 3 is 1.79 bits per heavy atom. The second-order valence-corrected chi connectivity index (χ2v) is 7.82. The van der Waals surface area contributed by atoms with Crippen LogP contribution in [0.2, 0.25) is 0 Å². The van der Waals surface area contributed by atoms with Gasteiger partial charge in [-0.25, -0.2) is 0 Å². The predicted molar refractivity (Wildman–Crippen MR) is 115 cm³/mol. The lowest BCUT2D eigenvalue weighted by molar-refractivity contribution is -0.127. The molecule has 0 bridgehead atoms. The molecule has 1 aliphatic carbocycles. The topological polar surface area (TPSA) is 49.7 Å². The van der Waals surface area contributed by atoms with Gasteiger partial charge in [-0.2, -0.15) is 0 Å². The minimum atomic E-state index is -1.39. The van der Waals surface area contributed by atoms with E-state index in [0.29, 0.717) is 0 Å². The smallest absolute Gasteiger partial charge is 0.125 e. The zero-order valence-corrected chi connectivity index (χ0v) is 16.5. The lowest BCUT2D eigenvalue weighted by Gasteiger charge is -2.39. The van der Waals surface area contributed by atoms with Gasteiger partial charge in [0.1, 0.15) is 11.2 Å². The maximum atomic E-state index is 12.0. The summed E-state index contributed by atoms with van der Waals surface area (Å²) in [5, 5.41) is 23.7. The van der Waals surface area contributed by atoms with E-state index in [9.17, 15) is 10.2 Å².